The molecule has 0 bridgehead atoms. The maximum absolute atomic E-state index is 15.9. The first-order valence-corrected chi connectivity index (χ1v) is 17.4. The van der Waals surface area contributed by atoms with Crippen molar-refractivity contribution in [2.75, 3.05) is 23.0 Å². The maximum atomic E-state index is 15.9. The van der Waals surface area contributed by atoms with Crippen LogP contribution in [0.3, 0.4) is 0 Å². The third-order valence-electron chi connectivity index (χ3n) is 8.49. The Labute approximate surface area is 244 Å². The fourth-order valence-corrected chi connectivity index (χ4v) is 9.10. The van der Waals surface area contributed by atoms with Gasteiger partial charge in [-0.2, -0.15) is 0 Å². The van der Waals surface area contributed by atoms with Gasteiger partial charge in [0.15, 0.2) is 5.60 Å². The van der Waals surface area contributed by atoms with Gasteiger partial charge in [0.25, 0.3) is 5.91 Å². The van der Waals surface area contributed by atoms with Crippen molar-refractivity contribution in [3.05, 3.63) is 77.4 Å². The lowest BCUT2D eigenvalue weighted by molar-refractivity contribution is -0.146. The van der Waals surface area contributed by atoms with Crippen LogP contribution in [0.25, 0.3) is 0 Å². The van der Waals surface area contributed by atoms with Gasteiger partial charge in [-0.05, 0) is 83.5 Å². The van der Waals surface area contributed by atoms with Crippen molar-refractivity contribution >= 4 is 37.8 Å². The Kier molecular flexibility index (Phi) is 9.36. The average Bonchev–Trinajstić information content (AvgIpc) is 3.34. The molecular formula is C33H43FN2O4Si. The number of benzene rings is 2. The van der Waals surface area contributed by atoms with Crippen molar-refractivity contribution in [1.82, 2.24) is 0 Å². The third-order valence-corrected chi connectivity index (χ3v) is 10.9. The highest BCUT2D eigenvalue weighted by Gasteiger charge is 2.66. The topological polar surface area (TPSA) is 70.1 Å². The summed E-state index contributed by atoms with van der Waals surface area (Å²) < 4.78 is 22.5. The average molecular weight is 579 g/mol. The Morgan fingerprint density at radius 2 is 1.83 bits per heavy atom. The zero-order valence-corrected chi connectivity index (χ0v) is 26.1. The number of fused-ring (bicyclic) bond motifs is 2. The van der Waals surface area contributed by atoms with Gasteiger partial charge in [-0.1, -0.05) is 48.4 Å². The highest BCUT2D eigenvalue weighted by atomic mass is 28.4. The summed E-state index contributed by atoms with van der Waals surface area (Å²) in [5.74, 6) is -0.673. The van der Waals surface area contributed by atoms with E-state index in [1.54, 1.807) is 18.0 Å². The molecule has 1 spiro atoms. The Morgan fingerprint density at radius 1 is 1.12 bits per heavy atom. The molecule has 2 aliphatic rings. The molecule has 0 radical (unpaired) electrons. The molecule has 0 aliphatic carbocycles. The van der Waals surface area contributed by atoms with E-state index in [4.69, 9.17) is 4.74 Å². The molecule has 8 heteroatoms. The molecule has 1 N–H and O–H groups in total. The zero-order chi connectivity index (χ0) is 29.9. The number of carbonyl (C=O) groups is 2. The second-order valence-electron chi connectivity index (χ2n) is 12.1. The Balaban J connectivity index is 1.81. The van der Waals surface area contributed by atoms with Crippen molar-refractivity contribution in [3.63, 3.8) is 0 Å². The quantitative estimate of drug-likeness (QED) is 0.133. The molecule has 2 amide bonds. The first-order valence-electron chi connectivity index (χ1n) is 14.5. The van der Waals surface area contributed by atoms with Crippen LogP contribution in [0, 0.1) is 5.92 Å². The molecular weight excluding hydrogens is 535 g/mol. The van der Waals surface area contributed by atoms with Gasteiger partial charge in [-0.25, -0.2) is 0 Å². The molecule has 0 saturated carbocycles. The Morgan fingerprint density at radius 3 is 2.44 bits per heavy atom. The number of hydrogen-bond acceptors (Lipinski definition) is 4. The largest absolute Gasteiger partial charge is 0.396 e. The second kappa shape index (κ2) is 12.4. The van der Waals surface area contributed by atoms with Crippen LogP contribution >= 0.6 is 0 Å². The molecule has 1 fully saturated rings. The first-order chi connectivity index (χ1) is 19.4. The first kappa shape index (κ1) is 30.9. The van der Waals surface area contributed by atoms with Crippen LogP contribution in [0.15, 0.2) is 71.8 Å². The third kappa shape index (κ3) is 5.96. The summed E-state index contributed by atoms with van der Waals surface area (Å²) >= 11 is 0. The number of carbonyl (C=O) groups excluding carboxylic acids is 2. The Hall–Kier alpha value is -3.07. The van der Waals surface area contributed by atoms with Gasteiger partial charge in [0.05, 0.1) is 11.8 Å². The number of allylic oxidation sites excluding steroid dienone is 3. The van der Waals surface area contributed by atoms with E-state index in [-0.39, 0.29) is 18.9 Å². The molecule has 6 nitrogen and oxygen atoms in total. The SMILES string of the molecule is CC(C)=CCC/C(C)=C/CN1C(=O)[C@@]2(O[C@@H](CCO)[C@H]([Si](C)(C)F)[C@H]2C)c2cc(N(C=O)c3ccccc3)ccc21. The molecule has 2 aliphatic heterocycles. The molecule has 2 aromatic carbocycles. The minimum atomic E-state index is -3.30. The van der Waals surface area contributed by atoms with Gasteiger partial charge in [-0.3, -0.25) is 14.5 Å². The number of rotatable bonds is 11. The lowest BCUT2D eigenvalue weighted by atomic mass is 9.82. The van der Waals surface area contributed by atoms with Crippen molar-refractivity contribution in [2.45, 2.75) is 77.3 Å². The molecule has 4 atom stereocenters. The lowest BCUT2D eigenvalue weighted by Crippen LogP contribution is -2.45. The normalized spacial score (nSPS) is 24.1. The highest BCUT2D eigenvalue weighted by Crippen LogP contribution is 2.60. The number of para-hydroxylation sites is 1. The summed E-state index contributed by atoms with van der Waals surface area (Å²) in [5, 5.41) is 9.83. The van der Waals surface area contributed by atoms with Gasteiger partial charge in [0.2, 0.25) is 14.8 Å². The van der Waals surface area contributed by atoms with E-state index in [0.29, 0.717) is 29.2 Å². The van der Waals surface area contributed by atoms with E-state index in [9.17, 15) is 14.7 Å². The van der Waals surface area contributed by atoms with Crippen LogP contribution in [0.1, 0.15) is 52.5 Å². The molecule has 2 heterocycles. The molecule has 4 rings (SSSR count). The van der Waals surface area contributed by atoms with Crippen LogP contribution in [0.2, 0.25) is 18.6 Å². The fourth-order valence-electron chi connectivity index (χ4n) is 6.56. The molecule has 0 unspecified atom stereocenters. The molecule has 41 heavy (non-hydrogen) atoms. The number of ether oxygens (including phenoxy) is 1. The van der Waals surface area contributed by atoms with Gasteiger partial charge in [0.1, 0.15) is 0 Å². The molecule has 0 aromatic heterocycles. The summed E-state index contributed by atoms with van der Waals surface area (Å²) in [5.41, 5.74) is 3.23. The van der Waals surface area contributed by atoms with Gasteiger partial charge in [-0.15, -0.1) is 0 Å². The lowest BCUT2D eigenvalue weighted by Gasteiger charge is -2.31. The standard InChI is InChI=1S/C33H43FN2O4Si/c1-23(2)11-10-12-24(3)17-19-35-29-16-15-27(36(22-38)26-13-8-7-9-14-26)21-28(29)33(32(35)39)25(4)31(41(5,6)34)30(40-33)18-20-37/h7-9,11,13-17,21-22,25,30-31,37H,10,12,18-20H2,1-6H3/b24-17+/t25-,30+,31-,33+/m1/s1. The summed E-state index contributed by atoms with van der Waals surface area (Å²) in [6, 6.07) is 14.8. The number of hydrogen-bond donors (Lipinski definition) is 1. The van der Waals surface area contributed by atoms with Crippen LogP contribution in [-0.4, -0.2) is 45.1 Å². The number of aliphatic hydroxyl groups is 1. The van der Waals surface area contributed by atoms with Crippen molar-refractivity contribution < 1.29 is 23.5 Å². The summed E-state index contributed by atoms with van der Waals surface area (Å²) in [6.45, 7) is 11.7. The van der Waals surface area contributed by atoms with Crippen molar-refractivity contribution in [2.24, 2.45) is 5.92 Å². The number of amides is 2. The number of nitrogens with zero attached hydrogens (tertiary/aromatic N) is 2. The van der Waals surface area contributed by atoms with Gasteiger partial charge < -0.3 is 18.9 Å². The van der Waals surface area contributed by atoms with E-state index < -0.39 is 31.6 Å². The predicted octanol–water partition coefficient (Wildman–Crippen LogP) is 7.18. The molecule has 2 aromatic rings. The van der Waals surface area contributed by atoms with Crippen molar-refractivity contribution in [3.8, 4) is 0 Å². The molecule has 220 valence electrons. The van der Waals surface area contributed by atoms with Crippen LogP contribution in [0.4, 0.5) is 21.2 Å². The fraction of sp³-hybridized carbons (Fsp3) is 0.455. The minimum Gasteiger partial charge on any atom is -0.396 e. The monoisotopic (exact) mass is 578 g/mol. The number of anilines is 3. The van der Waals surface area contributed by atoms with E-state index >= 15 is 4.11 Å². The summed E-state index contributed by atoms with van der Waals surface area (Å²) in [4.78, 5) is 30.0. The van der Waals surface area contributed by atoms with E-state index in [0.717, 1.165) is 19.3 Å². The smallest absolute Gasteiger partial charge is 0.264 e. The van der Waals surface area contributed by atoms with E-state index in [1.807, 2.05) is 55.5 Å². The maximum Gasteiger partial charge on any atom is 0.264 e. The van der Waals surface area contributed by atoms with Gasteiger partial charge in [0, 0.05) is 41.5 Å². The number of halogens is 1. The summed E-state index contributed by atoms with van der Waals surface area (Å²) in [6.07, 6.45) is 6.53. The summed E-state index contributed by atoms with van der Waals surface area (Å²) in [7, 11) is -3.30. The van der Waals surface area contributed by atoms with Crippen molar-refractivity contribution in [1.29, 1.82) is 0 Å². The second-order valence-corrected chi connectivity index (χ2v) is 15.9. The van der Waals surface area contributed by atoms with E-state index in [2.05, 4.69) is 32.9 Å². The van der Waals surface area contributed by atoms with Crippen LogP contribution in [-0.2, 0) is 19.9 Å². The van der Waals surface area contributed by atoms with Gasteiger partial charge >= 0.3 is 0 Å². The van der Waals surface area contributed by atoms with Crippen LogP contribution < -0.4 is 9.80 Å². The van der Waals surface area contributed by atoms with E-state index in [1.165, 1.54) is 16.0 Å². The highest BCUT2D eigenvalue weighted by molar-refractivity contribution is 6.72. The number of aliphatic hydroxyl groups excluding tert-OH is 1. The zero-order valence-electron chi connectivity index (χ0n) is 25.1. The molecule has 1 saturated heterocycles. The Bertz CT molecular complexity index is 1320. The van der Waals surface area contributed by atoms with Crippen LogP contribution in [0.5, 0.6) is 0 Å². The predicted molar refractivity (Wildman–Crippen MR) is 166 cm³/mol. The minimum absolute atomic E-state index is 0.153.